The fraction of sp³-hybridized carbons (Fsp3) is 0.267. The quantitative estimate of drug-likeness (QED) is 0.879. The second-order valence-corrected chi connectivity index (χ2v) is 5.56. The molecule has 0 aliphatic heterocycles. The van der Waals surface area contributed by atoms with E-state index in [2.05, 4.69) is 21.2 Å². The molecular formula is C15H16BrNO3. The molecule has 1 aromatic heterocycles. The summed E-state index contributed by atoms with van der Waals surface area (Å²) in [7, 11) is 0. The van der Waals surface area contributed by atoms with Crippen molar-refractivity contribution < 1.29 is 14.3 Å². The zero-order chi connectivity index (χ0) is 14.5. The molecule has 0 fully saturated rings. The van der Waals surface area contributed by atoms with E-state index in [1.165, 1.54) is 6.26 Å². The Morgan fingerprint density at radius 1 is 1.35 bits per heavy atom. The molecule has 0 radical (unpaired) electrons. The van der Waals surface area contributed by atoms with Crippen LogP contribution in [-0.4, -0.2) is 17.1 Å². The number of amides is 1. The maximum Gasteiger partial charge on any atom is 0.251 e. The molecule has 1 aromatic carbocycles. The first-order valence-electron chi connectivity index (χ1n) is 6.34. The van der Waals surface area contributed by atoms with Crippen LogP contribution in [-0.2, 0) is 0 Å². The number of carbonyl (C=O) groups is 1. The largest absolute Gasteiger partial charge is 0.467 e. The number of aliphatic hydroxyl groups is 1. The molecule has 2 rings (SSSR count). The van der Waals surface area contributed by atoms with Gasteiger partial charge in [0.05, 0.1) is 6.26 Å². The molecule has 4 nitrogen and oxygen atoms in total. The Hall–Kier alpha value is -1.59. The fourth-order valence-electron chi connectivity index (χ4n) is 1.90. The molecule has 0 saturated carbocycles. The predicted octanol–water partition coefficient (Wildman–Crippen LogP) is 3.28. The van der Waals surface area contributed by atoms with Gasteiger partial charge < -0.3 is 14.8 Å². The average Bonchev–Trinajstić information content (AvgIpc) is 2.93. The van der Waals surface area contributed by atoms with Crippen LogP contribution < -0.4 is 5.32 Å². The van der Waals surface area contributed by atoms with E-state index >= 15 is 0 Å². The van der Waals surface area contributed by atoms with Crippen molar-refractivity contribution in [2.45, 2.75) is 25.5 Å². The van der Waals surface area contributed by atoms with E-state index in [1.54, 1.807) is 24.3 Å². The summed E-state index contributed by atoms with van der Waals surface area (Å²) in [5.41, 5.74) is 0.590. The van der Waals surface area contributed by atoms with E-state index in [9.17, 15) is 9.90 Å². The molecule has 0 aliphatic carbocycles. The van der Waals surface area contributed by atoms with Crippen LogP contribution >= 0.6 is 15.9 Å². The lowest BCUT2D eigenvalue weighted by molar-refractivity contribution is 0.0903. The van der Waals surface area contributed by atoms with Crippen molar-refractivity contribution in [3.63, 3.8) is 0 Å². The van der Waals surface area contributed by atoms with Gasteiger partial charge in [0, 0.05) is 22.5 Å². The molecule has 0 spiro atoms. The van der Waals surface area contributed by atoms with Crippen molar-refractivity contribution in [3.8, 4) is 0 Å². The van der Waals surface area contributed by atoms with E-state index < -0.39 is 6.10 Å². The molecule has 0 saturated heterocycles. The fourth-order valence-corrected chi connectivity index (χ4v) is 2.16. The molecule has 1 heterocycles. The van der Waals surface area contributed by atoms with Crippen LogP contribution in [0.5, 0.6) is 0 Å². The zero-order valence-corrected chi connectivity index (χ0v) is 12.6. The Bertz CT molecular complexity index is 551. The molecule has 0 bridgehead atoms. The van der Waals surface area contributed by atoms with Gasteiger partial charge in [-0.15, -0.1) is 0 Å². The van der Waals surface area contributed by atoms with Gasteiger partial charge in [0.1, 0.15) is 11.9 Å². The van der Waals surface area contributed by atoms with E-state index in [0.717, 1.165) is 4.47 Å². The molecule has 2 unspecified atom stereocenters. The van der Waals surface area contributed by atoms with E-state index in [4.69, 9.17) is 4.42 Å². The number of carbonyl (C=O) groups excluding carboxylic acids is 1. The summed E-state index contributed by atoms with van der Waals surface area (Å²) in [5, 5.41) is 12.8. The Morgan fingerprint density at radius 3 is 2.65 bits per heavy atom. The number of rotatable bonds is 5. The molecular weight excluding hydrogens is 322 g/mol. The highest BCUT2D eigenvalue weighted by molar-refractivity contribution is 9.10. The van der Waals surface area contributed by atoms with Crippen molar-refractivity contribution in [3.05, 3.63) is 58.5 Å². The van der Waals surface area contributed by atoms with Gasteiger partial charge in [0.25, 0.3) is 5.91 Å². The summed E-state index contributed by atoms with van der Waals surface area (Å²) in [5.74, 6) is 0.353. The van der Waals surface area contributed by atoms with Crippen LogP contribution in [0.3, 0.4) is 0 Å². The highest BCUT2D eigenvalue weighted by atomic mass is 79.9. The highest BCUT2D eigenvalue weighted by Gasteiger charge is 2.16. The van der Waals surface area contributed by atoms with Gasteiger partial charge in [0.15, 0.2) is 0 Å². The van der Waals surface area contributed by atoms with Gasteiger partial charge in [0.2, 0.25) is 0 Å². The molecule has 106 valence electrons. The Labute approximate surface area is 125 Å². The van der Waals surface area contributed by atoms with Crippen molar-refractivity contribution in [2.24, 2.45) is 0 Å². The number of benzene rings is 1. The molecule has 2 N–H and O–H groups in total. The molecule has 2 aromatic rings. The van der Waals surface area contributed by atoms with Gasteiger partial charge in [-0.25, -0.2) is 0 Å². The minimum absolute atomic E-state index is 0.156. The molecule has 2 atom stereocenters. The third kappa shape index (κ3) is 3.95. The lowest BCUT2D eigenvalue weighted by Crippen LogP contribution is -2.33. The van der Waals surface area contributed by atoms with E-state index in [-0.39, 0.29) is 11.9 Å². The maximum absolute atomic E-state index is 12.0. The summed E-state index contributed by atoms with van der Waals surface area (Å²) >= 11 is 3.33. The summed E-state index contributed by atoms with van der Waals surface area (Å²) in [6.07, 6.45) is 1.20. The number of aliphatic hydroxyl groups excluding tert-OH is 1. The van der Waals surface area contributed by atoms with Crippen LogP contribution in [0.1, 0.15) is 35.6 Å². The minimum Gasteiger partial charge on any atom is -0.467 e. The summed E-state index contributed by atoms with van der Waals surface area (Å²) in [6, 6.07) is 10.4. The number of halogens is 1. The minimum atomic E-state index is -0.717. The smallest absolute Gasteiger partial charge is 0.251 e. The number of nitrogens with one attached hydrogen (secondary N) is 1. The normalized spacial score (nSPS) is 13.8. The first-order chi connectivity index (χ1) is 9.56. The summed E-state index contributed by atoms with van der Waals surface area (Å²) < 4.78 is 6.06. The van der Waals surface area contributed by atoms with Crippen LogP contribution in [0.15, 0.2) is 51.6 Å². The SMILES string of the molecule is CC(CC(O)c1ccco1)NC(=O)c1ccc(Br)cc1. The standard InChI is InChI=1S/C15H16BrNO3/c1-10(9-13(18)14-3-2-8-20-14)17-15(19)11-4-6-12(16)7-5-11/h2-8,10,13,18H,9H2,1H3,(H,17,19). The molecule has 5 heteroatoms. The third-order valence-electron chi connectivity index (χ3n) is 2.93. The Balaban J connectivity index is 1.89. The summed E-state index contributed by atoms with van der Waals surface area (Å²) in [6.45, 7) is 1.85. The predicted molar refractivity (Wildman–Crippen MR) is 79.4 cm³/mol. The van der Waals surface area contributed by atoms with Crippen molar-refractivity contribution in [2.75, 3.05) is 0 Å². The summed E-state index contributed by atoms with van der Waals surface area (Å²) in [4.78, 5) is 12.0. The number of hydrogen-bond acceptors (Lipinski definition) is 3. The van der Waals surface area contributed by atoms with Crippen LogP contribution in [0.4, 0.5) is 0 Å². The molecule has 1 amide bonds. The van der Waals surface area contributed by atoms with Gasteiger partial charge in [-0.2, -0.15) is 0 Å². The van der Waals surface area contributed by atoms with Gasteiger partial charge in [-0.05, 0) is 43.3 Å². The first-order valence-corrected chi connectivity index (χ1v) is 7.13. The van der Waals surface area contributed by atoms with Gasteiger partial charge >= 0.3 is 0 Å². The van der Waals surface area contributed by atoms with Crippen LogP contribution in [0.25, 0.3) is 0 Å². The average molecular weight is 338 g/mol. The number of furan rings is 1. The lowest BCUT2D eigenvalue weighted by Gasteiger charge is -2.16. The van der Waals surface area contributed by atoms with E-state index in [1.807, 2.05) is 19.1 Å². The van der Waals surface area contributed by atoms with Crippen LogP contribution in [0, 0.1) is 0 Å². The highest BCUT2D eigenvalue weighted by Crippen LogP contribution is 2.18. The monoisotopic (exact) mass is 337 g/mol. The second kappa shape index (κ2) is 6.72. The second-order valence-electron chi connectivity index (χ2n) is 4.65. The maximum atomic E-state index is 12.0. The van der Waals surface area contributed by atoms with Gasteiger partial charge in [-0.1, -0.05) is 15.9 Å². The van der Waals surface area contributed by atoms with Gasteiger partial charge in [-0.3, -0.25) is 4.79 Å². The third-order valence-corrected chi connectivity index (χ3v) is 3.46. The topological polar surface area (TPSA) is 62.5 Å². The van der Waals surface area contributed by atoms with Crippen LogP contribution in [0.2, 0.25) is 0 Å². The first kappa shape index (κ1) is 14.8. The van der Waals surface area contributed by atoms with Crippen molar-refractivity contribution >= 4 is 21.8 Å². The Morgan fingerprint density at radius 2 is 2.05 bits per heavy atom. The molecule has 0 aliphatic rings. The zero-order valence-electron chi connectivity index (χ0n) is 11.0. The Kier molecular flexibility index (Phi) is 4.98. The number of hydrogen-bond donors (Lipinski definition) is 2. The van der Waals surface area contributed by atoms with E-state index in [0.29, 0.717) is 17.7 Å². The van der Waals surface area contributed by atoms with Crippen molar-refractivity contribution in [1.82, 2.24) is 5.32 Å². The molecule has 20 heavy (non-hydrogen) atoms. The lowest BCUT2D eigenvalue weighted by atomic mass is 10.1. The van der Waals surface area contributed by atoms with Crippen molar-refractivity contribution in [1.29, 1.82) is 0 Å².